The second kappa shape index (κ2) is 18.8. The van der Waals surface area contributed by atoms with Gasteiger partial charge in [0.05, 0.1) is 18.9 Å². The van der Waals surface area contributed by atoms with E-state index in [0.29, 0.717) is 12.8 Å². The summed E-state index contributed by atoms with van der Waals surface area (Å²) >= 11 is 0. The summed E-state index contributed by atoms with van der Waals surface area (Å²) in [5, 5.41) is 36.8. The van der Waals surface area contributed by atoms with E-state index in [2.05, 4.69) is 21.3 Å². The van der Waals surface area contributed by atoms with Gasteiger partial charge in [0, 0.05) is 19.8 Å². The van der Waals surface area contributed by atoms with Gasteiger partial charge >= 0.3 is 17.9 Å². The Morgan fingerprint density at radius 2 is 1.20 bits per heavy atom. The molecule has 0 aliphatic carbocycles. The van der Waals surface area contributed by atoms with Crippen molar-refractivity contribution in [2.75, 3.05) is 0 Å². The number of carboxylic acids is 3. The quantitative estimate of drug-likeness (QED) is 0.103. The van der Waals surface area contributed by atoms with E-state index in [1.807, 2.05) is 31.2 Å². The molecule has 0 spiro atoms. The summed E-state index contributed by atoms with van der Waals surface area (Å²) in [4.78, 5) is 97.4. The zero-order valence-corrected chi connectivity index (χ0v) is 25.8. The topological polar surface area (TPSA) is 245 Å². The van der Waals surface area contributed by atoms with Crippen LogP contribution in [-0.2, 0) is 44.8 Å². The number of aryl methyl sites for hydroxylation is 2. The molecular formula is C30H42N4O11. The number of Topliss-reactive ketones (excluding diaryl/α,β-unsaturated/α-hetero) is 1. The monoisotopic (exact) mass is 634 g/mol. The molecule has 4 atom stereocenters. The molecule has 0 unspecified atom stereocenters. The van der Waals surface area contributed by atoms with Crippen LogP contribution in [0, 0.1) is 12.8 Å². The Morgan fingerprint density at radius 1 is 0.667 bits per heavy atom. The number of rotatable bonds is 20. The Kier molecular flexibility index (Phi) is 15.9. The van der Waals surface area contributed by atoms with E-state index in [9.17, 15) is 43.5 Å². The molecule has 0 saturated heterocycles. The van der Waals surface area contributed by atoms with Crippen LogP contribution in [0.15, 0.2) is 24.3 Å². The van der Waals surface area contributed by atoms with Crippen molar-refractivity contribution in [2.24, 2.45) is 5.92 Å². The molecule has 15 heteroatoms. The third-order valence-electron chi connectivity index (χ3n) is 6.69. The number of hydrogen-bond donors (Lipinski definition) is 7. The molecule has 1 aromatic rings. The van der Waals surface area contributed by atoms with Gasteiger partial charge in [-0.25, -0.2) is 0 Å². The average molecular weight is 635 g/mol. The number of carboxylic acid groups (broad SMARTS) is 3. The van der Waals surface area contributed by atoms with Crippen molar-refractivity contribution in [2.45, 2.75) is 96.8 Å². The Bertz CT molecular complexity index is 1230. The number of amides is 4. The lowest BCUT2D eigenvalue weighted by Crippen LogP contribution is -2.59. The summed E-state index contributed by atoms with van der Waals surface area (Å²) in [7, 11) is 0. The van der Waals surface area contributed by atoms with Crippen molar-refractivity contribution in [3.8, 4) is 0 Å². The first-order valence-corrected chi connectivity index (χ1v) is 14.4. The van der Waals surface area contributed by atoms with E-state index < -0.39 is 103 Å². The first-order chi connectivity index (χ1) is 21.0. The van der Waals surface area contributed by atoms with Crippen molar-refractivity contribution >= 4 is 47.3 Å². The van der Waals surface area contributed by atoms with Crippen LogP contribution >= 0.6 is 0 Å². The van der Waals surface area contributed by atoms with Gasteiger partial charge in [-0.3, -0.25) is 38.4 Å². The maximum atomic E-state index is 13.2. The molecule has 1 aromatic carbocycles. The summed E-state index contributed by atoms with van der Waals surface area (Å²) in [5.41, 5.74) is 2.07. The Morgan fingerprint density at radius 3 is 1.71 bits per heavy atom. The third kappa shape index (κ3) is 15.0. The summed E-state index contributed by atoms with van der Waals surface area (Å²) in [6.45, 7) is 6.11. The second-order valence-corrected chi connectivity index (χ2v) is 11.0. The minimum Gasteiger partial charge on any atom is -0.481 e. The maximum Gasteiger partial charge on any atom is 0.305 e. The van der Waals surface area contributed by atoms with Crippen LogP contribution in [0.3, 0.4) is 0 Å². The molecule has 7 N–H and O–H groups in total. The number of aliphatic carboxylic acids is 3. The summed E-state index contributed by atoms with van der Waals surface area (Å²) in [6.07, 6.45) is -1.59. The lowest BCUT2D eigenvalue weighted by atomic mass is 9.98. The van der Waals surface area contributed by atoms with E-state index >= 15 is 0 Å². The highest BCUT2D eigenvalue weighted by molar-refractivity contribution is 5.97. The molecule has 0 aliphatic heterocycles. The highest BCUT2D eigenvalue weighted by Gasteiger charge is 2.33. The molecule has 1 rings (SSSR count). The van der Waals surface area contributed by atoms with Gasteiger partial charge in [0.1, 0.15) is 18.1 Å². The van der Waals surface area contributed by atoms with Crippen LogP contribution < -0.4 is 21.3 Å². The Labute approximate surface area is 260 Å². The van der Waals surface area contributed by atoms with Gasteiger partial charge in [0.15, 0.2) is 5.78 Å². The molecule has 0 bridgehead atoms. The van der Waals surface area contributed by atoms with Gasteiger partial charge in [0.2, 0.25) is 23.6 Å². The van der Waals surface area contributed by atoms with Gasteiger partial charge in [-0.1, -0.05) is 43.7 Å². The predicted molar refractivity (Wildman–Crippen MR) is 159 cm³/mol. The highest BCUT2D eigenvalue weighted by Crippen LogP contribution is 2.11. The summed E-state index contributed by atoms with van der Waals surface area (Å²) in [6, 6.07) is 1.87. The minimum atomic E-state index is -1.57. The minimum absolute atomic E-state index is 0.0140. The smallest absolute Gasteiger partial charge is 0.305 e. The van der Waals surface area contributed by atoms with Gasteiger partial charge in [-0.2, -0.15) is 0 Å². The van der Waals surface area contributed by atoms with Gasteiger partial charge in [0.25, 0.3) is 0 Å². The number of ketones is 1. The predicted octanol–water partition coefficient (Wildman–Crippen LogP) is 0.316. The van der Waals surface area contributed by atoms with Gasteiger partial charge in [-0.15, -0.1) is 0 Å². The first kappa shape index (κ1) is 38.2. The Hall–Kier alpha value is -4.82. The molecule has 0 aliphatic rings. The molecule has 4 amide bonds. The highest BCUT2D eigenvalue weighted by atomic mass is 16.4. The fourth-order valence-electron chi connectivity index (χ4n) is 4.30. The largest absolute Gasteiger partial charge is 0.481 e. The molecule has 15 nitrogen and oxygen atoms in total. The van der Waals surface area contributed by atoms with Crippen LogP contribution in [0.1, 0.15) is 70.4 Å². The third-order valence-corrected chi connectivity index (χ3v) is 6.69. The normalized spacial score (nSPS) is 13.4. The average Bonchev–Trinajstić information content (AvgIpc) is 2.92. The molecule has 0 radical (unpaired) electrons. The molecule has 0 aromatic heterocycles. The SMILES string of the molecule is CC(=O)N[C@@H](CC(=O)O)C(=O)N[C@@H](CCC(=O)O)C(=O)N[C@H](C(=O)N[C@@H](CC(=O)O)C(=O)CCCc1ccc(C)cc1)C(C)C. The van der Waals surface area contributed by atoms with E-state index in [1.54, 1.807) is 13.8 Å². The molecule has 0 heterocycles. The van der Waals surface area contributed by atoms with Gasteiger partial charge < -0.3 is 36.6 Å². The van der Waals surface area contributed by atoms with Crippen molar-refractivity contribution in [1.82, 2.24) is 21.3 Å². The first-order valence-electron chi connectivity index (χ1n) is 14.4. The number of carbonyl (C=O) groups is 8. The summed E-state index contributed by atoms with van der Waals surface area (Å²) in [5.74, 6) is -8.83. The molecule has 0 fully saturated rings. The summed E-state index contributed by atoms with van der Waals surface area (Å²) < 4.78 is 0. The van der Waals surface area contributed by atoms with Crippen molar-refractivity contribution in [3.05, 3.63) is 35.4 Å². The number of hydrogen-bond acceptors (Lipinski definition) is 8. The second-order valence-electron chi connectivity index (χ2n) is 11.0. The standard InChI is InChI=1S/C30H42N4O11/c1-16(2)27(30(45)33-21(14-25(39)40)23(36)7-5-6-19-10-8-17(3)9-11-19)34-28(43)20(12-13-24(37)38)32-29(44)22(15-26(41)42)31-18(4)35/h8-11,16,20-22,27H,5-7,12-15H2,1-4H3,(H,31,35)(H,32,44)(H,33,45)(H,34,43)(H,37,38)(H,39,40)(H,41,42)/t20-,21-,22-,27-/m0/s1. The fourth-order valence-corrected chi connectivity index (χ4v) is 4.30. The van der Waals surface area contributed by atoms with Crippen LogP contribution in [0.2, 0.25) is 0 Å². The lowest BCUT2D eigenvalue weighted by Gasteiger charge is -2.27. The van der Waals surface area contributed by atoms with Crippen LogP contribution in [0.5, 0.6) is 0 Å². The Balaban J connectivity index is 3.05. The molecule has 0 saturated carbocycles. The zero-order valence-electron chi connectivity index (χ0n) is 25.8. The van der Waals surface area contributed by atoms with Crippen molar-refractivity contribution in [1.29, 1.82) is 0 Å². The number of benzene rings is 1. The van der Waals surface area contributed by atoms with Crippen LogP contribution in [0.25, 0.3) is 0 Å². The lowest BCUT2D eigenvalue weighted by molar-refractivity contribution is -0.142. The van der Waals surface area contributed by atoms with Crippen LogP contribution in [0.4, 0.5) is 0 Å². The van der Waals surface area contributed by atoms with E-state index in [4.69, 9.17) is 10.2 Å². The molecular weight excluding hydrogens is 592 g/mol. The van der Waals surface area contributed by atoms with Crippen molar-refractivity contribution < 1.29 is 53.7 Å². The molecule has 45 heavy (non-hydrogen) atoms. The fraction of sp³-hybridized carbons (Fsp3) is 0.533. The van der Waals surface area contributed by atoms with Gasteiger partial charge in [-0.05, 0) is 37.7 Å². The van der Waals surface area contributed by atoms with E-state index in [-0.39, 0.29) is 6.42 Å². The number of nitrogens with one attached hydrogen (secondary N) is 4. The maximum absolute atomic E-state index is 13.2. The zero-order chi connectivity index (χ0) is 34.3. The number of carbonyl (C=O) groups excluding carboxylic acids is 5. The van der Waals surface area contributed by atoms with Crippen molar-refractivity contribution in [3.63, 3.8) is 0 Å². The van der Waals surface area contributed by atoms with E-state index in [0.717, 1.165) is 18.1 Å². The molecule has 248 valence electrons. The van der Waals surface area contributed by atoms with Crippen LogP contribution in [-0.4, -0.2) is 86.8 Å². The van der Waals surface area contributed by atoms with E-state index in [1.165, 1.54) is 0 Å².